The van der Waals surface area contributed by atoms with Gasteiger partial charge in [-0.3, -0.25) is 19.6 Å². The first-order valence-corrected chi connectivity index (χ1v) is 13.5. The first-order chi connectivity index (χ1) is 18.0. The van der Waals surface area contributed by atoms with Crippen LogP contribution in [-0.2, 0) is 21.5 Å². The van der Waals surface area contributed by atoms with Crippen molar-refractivity contribution in [2.75, 3.05) is 18.0 Å². The number of hydrogen-bond acceptors (Lipinski definition) is 7. The van der Waals surface area contributed by atoms with Crippen LogP contribution in [-0.4, -0.2) is 50.3 Å². The molecule has 0 atom stereocenters. The number of likely N-dealkylation sites (tertiary alicyclic amines) is 1. The first-order valence-electron chi connectivity index (χ1n) is 12.6. The van der Waals surface area contributed by atoms with Crippen molar-refractivity contribution in [2.24, 2.45) is 5.73 Å². The molecule has 1 saturated carbocycles. The molecular weight excluding hydrogens is 484 g/mol. The van der Waals surface area contributed by atoms with Crippen LogP contribution in [0.25, 0.3) is 21.3 Å². The van der Waals surface area contributed by atoms with Gasteiger partial charge in [0, 0.05) is 48.0 Å². The Hall–Kier alpha value is -3.69. The maximum atomic E-state index is 14.2. The summed E-state index contributed by atoms with van der Waals surface area (Å²) in [5.41, 5.74) is 8.41. The molecule has 1 aromatic carbocycles. The molecule has 186 valence electrons. The van der Waals surface area contributed by atoms with Crippen molar-refractivity contribution in [3.05, 3.63) is 71.8 Å². The van der Waals surface area contributed by atoms with E-state index in [-0.39, 0.29) is 11.8 Å². The third kappa shape index (κ3) is 3.41. The fourth-order valence-corrected chi connectivity index (χ4v) is 6.66. The number of thiazole rings is 1. The second-order valence-electron chi connectivity index (χ2n) is 10.3. The number of benzene rings is 1. The maximum Gasteiger partial charge on any atom is 0.242 e. The van der Waals surface area contributed by atoms with E-state index >= 15 is 0 Å². The summed E-state index contributed by atoms with van der Waals surface area (Å²) in [7, 11) is 0. The van der Waals surface area contributed by atoms with Crippen LogP contribution in [0.2, 0.25) is 0 Å². The Balaban J connectivity index is 1.25. The number of pyridine rings is 2. The van der Waals surface area contributed by atoms with Gasteiger partial charge in [0.05, 0.1) is 35.1 Å². The van der Waals surface area contributed by atoms with Crippen LogP contribution >= 0.6 is 11.3 Å². The molecule has 8 nitrogen and oxygen atoms in total. The third-order valence-corrected chi connectivity index (χ3v) is 9.00. The van der Waals surface area contributed by atoms with Gasteiger partial charge in [-0.25, -0.2) is 4.98 Å². The van der Waals surface area contributed by atoms with Gasteiger partial charge < -0.3 is 15.5 Å². The number of rotatable bonds is 4. The average molecular weight is 511 g/mol. The molecule has 7 rings (SSSR count). The molecule has 4 aromatic rings. The molecule has 0 bridgehead atoms. The number of fused-ring (bicyclic) bond motifs is 3. The fraction of sp³-hybridized carbons (Fsp3) is 0.321. The highest BCUT2D eigenvalue weighted by Gasteiger charge is 2.55. The lowest BCUT2D eigenvalue weighted by molar-refractivity contribution is -0.137. The molecule has 2 aliphatic heterocycles. The minimum absolute atomic E-state index is 0.0213. The first kappa shape index (κ1) is 22.5. The van der Waals surface area contributed by atoms with Crippen molar-refractivity contribution < 1.29 is 9.59 Å². The van der Waals surface area contributed by atoms with Gasteiger partial charge >= 0.3 is 0 Å². The van der Waals surface area contributed by atoms with Gasteiger partial charge in [0.1, 0.15) is 5.01 Å². The van der Waals surface area contributed by atoms with Crippen LogP contribution in [0.15, 0.2) is 60.5 Å². The number of nitrogens with zero attached hydrogens (tertiary/aromatic N) is 5. The maximum absolute atomic E-state index is 14.2. The van der Waals surface area contributed by atoms with Crippen LogP contribution in [0.3, 0.4) is 0 Å². The second kappa shape index (κ2) is 8.16. The Morgan fingerprint density at radius 1 is 1.03 bits per heavy atom. The van der Waals surface area contributed by atoms with Gasteiger partial charge in [-0.15, -0.1) is 11.3 Å². The molecule has 0 unspecified atom stereocenters. The number of amides is 2. The Morgan fingerprint density at radius 2 is 1.84 bits per heavy atom. The topological polar surface area (TPSA) is 105 Å². The minimum atomic E-state index is -0.688. The van der Waals surface area contributed by atoms with Crippen molar-refractivity contribution in [3.63, 3.8) is 0 Å². The molecular formula is C28H26N6O2S. The van der Waals surface area contributed by atoms with Gasteiger partial charge in [0.25, 0.3) is 0 Å². The summed E-state index contributed by atoms with van der Waals surface area (Å²) in [6.45, 7) is 1.38. The number of nitrogens with two attached hydrogens (primary N) is 1. The molecule has 1 saturated heterocycles. The molecule has 2 fully saturated rings. The van der Waals surface area contributed by atoms with Crippen LogP contribution in [0.4, 0.5) is 5.69 Å². The number of carbonyl (C=O) groups is 2. The Labute approximate surface area is 218 Å². The van der Waals surface area contributed by atoms with Gasteiger partial charge in [-0.1, -0.05) is 24.3 Å². The number of piperidine rings is 1. The van der Waals surface area contributed by atoms with Crippen LogP contribution in [0.5, 0.6) is 0 Å². The van der Waals surface area contributed by atoms with E-state index in [0.29, 0.717) is 32.5 Å². The Morgan fingerprint density at radius 3 is 2.59 bits per heavy atom. The molecule has 2 N–H and O–H groups in total. The highest BCUT2D eigenvalue weighted by atomic mass is 32.1. The van der Waals surface area contributed by atoms with Gasteiger partial charge in [0.15, 0.2) is 0 Å². The zero-order valence-corrected chi connectivity index (χ0v) is 21.1. The summed E-state index contributed by atoms with van der Waals surface area (Å²) in [6, 6.07) is 10.1. The van der Waals surface area contributed by atoms with E-state index in [4.69, 9.17) is 10.7 Å². The fourth-order valence-electron chi connectivity index (χ4n) is 5.94. The number of aromatic nitrogens is 3. The molecule has 1 spiro atoms. The van der Waals surface area contributed by atoms with Gasteiger partial charge in [0.2, 0.25) is 11.8 Å². The summed E-state index contributed by atoms with van der Waals surface area (Å²) in [4.78, 5) is 44.5. The molecule has 1 aliphatic carbocycles. The standard InChI is InChI=1S/C28H26N6O2S/c29-28(6-7-28)26(36)33-12-8-27(9-13-33)20-5-10-30-16-22(20)34(25(27)35)17-21-23(24-31-11-14-37-24)19-4-2-1-3-18(19)15-32-21/h1-5,10-11,14-16H,6-9,12-13,17,29H2. The van der Waals surface area contributed by atoms with Crippen molar-refractivity contribution in [3.8, 4) is 10.6 Å². The summed E-state index contributed by atoms with van der Waals surface area (Å²) in [6.07, 6.45) is 9.84. The monoisotopic (exact) mass is 510 g/mol. The van der Waals surface area contributed by atoms with E-state index in [1.54, 1.807) is 29.9 Å². The summed E-state index contributed by atoms with van der Waals surface area (Å²) in [5.74, 6) is 0.0737. The highest BCUT2D eigenvalue weighted by Crippen LogP contribution is 2.49. The van der Waals surface area contributed by atoms with Crippen molar-refractivity contribution in [1.82, 2.24) is 19.9 Å². The third-order valence-electron chi connectivity index (χ3n) is 8.21. The zero-order valence-electron chi connectivity index (χ0n) is 20.3. The highest BCUT2D eigenvalue weighted by molar-refractivity contribution is 7.13. The van der Waals surface area contributed by atoms with Crippen molar-refractivity contribution in [2.45, 2.75) is 43.2 Å². The predicted molar refractivity (Wildman–Crippen MR) is 142 cm³/mol. The normalized spacial score (nSPS) is 19.4. The molecule has 0 radical (unpaired) electrons. The molecule has 3 aliphatic rings. The smallest absolute Gasteiger partial charge is 0.242 e. The van der Waals surface area contributed by atoms with Crippen LogP contribution in [0, 0.1) is 0 Å². The molecule has 37 heavy (non-hydrogen) atoms. The molecule has 2 amide bonds. The SMILES string of the molecule is NC1(C(=O)N2CCC3(CC2)C(=O)N(Cc2ncc4ccccc4c2-c2nccs2)c2cnccc23)CC1. The van der Waals surface area contributed by atoms with E-state index in [9.17, 15) is 9.59 Å². The number of anilines is 1. The van der Waals surface area contributed by atoms with E-state index in [1.165, 1.54) is 0 Å². The quantitative estimate of drug-likeness (QED) is 0.449. The minimum Gasteiger partial charge on any atom is -0.341 e. The van der Waals surface area contributed by atoms with Crippen LogP contribution < -0.4 is 10.6 Å². The second-order valence-corrected chi connectivity index (χ2v) is 11.2. The average Bonchev–Trinajstić information content (AvgIpc) is 3.38. The summed E-state index contributed by atoms with van der Waals surface area (Å²) < 4.78 is 0. The lowest BCUT2D eigenvalue weighted by Gasteiger charge is -2.39. The van der Waals surface area contributed by atoms with Gasteiger partial charge in [-0.05, 0) is 42.7 Å². The van der Waals surface area contributed by atoms with Crippen molar-refractivity contribution >= 4 is 39.6 Å². The lowest BCUT2D eigenvalue weighted by Crippen LogP contribution is -2.54. The summed E-state index contributed by atoms with van der Waals surface area (Å²) in [5, 5.41) is 4.94. The van der Waals surface area contributed by atoms with Gasteiger partial charge in [-0.2, -0.15) is 0 Å². The van der Waals surface area contributed by atoms with Crippen LogP contribution in [0.1, 0.15) is 36.9 Å². The Bertz CT molecular complexity index is 1540. The van der Waals surface area contributed by atoms with E-state index in [0.717, 1.165) is 51.1 Å². The molecule has 5 heterocycles. The van der Waals surface area contributed by atoms with Crippen molar-refractivity contribution in [1.29, 1.82) is 0 Å². The molecule has 3 aromatic heterocycles. The number of carbonyl (C=O) groups excluding carboxylic acids is 2. The summed E-state index contributed by atoms with van der Waals surface area (Å²) >= 11 is 1.57. The van der Waals surface area contributed by atoms with E-state index in [1.807, 2.05) is 45.6 Å². The largest absolute Gasteiger partial charge is 0.341 e. The molecule has 9 heteroatoms. The van der Waals surface area contributed by atoms with E-state index in [2.05, 4.69) is 16.0 Å². The Kier molecular flexibility index (Phi) is 4.96. The number of hydrogen-bond donors (Lipinski definition) is 1. The zero-order chi connectivity index (χ0) is 25.2. The lowest BCUT2D eigenvalue weighted by atomic mass is 9.74. The van der Waals surface area contributed by atoms with E-state index < -0.39 is 11.0 Å². The predicted octanol–water partition coefficient (Wildman–Crippen LogP) is 3.65.